The molecule has 1 aromatic rings. The van der Waals surface area contributed by atoms with E-state index in [9.17, 15) is 27.9 Å². The average molecular weight is 369 g/mol. The van der Waals surface area contributed by atoms with Crippen molar-refractivity contribution in [2.45, 2.75) is 50.7 Å². The molecule has 3 rings (SSSR count). The number of aliphatic carboxylic acids is 1. The van der Waals surface area contributed by atoms with E-state index in [1.807, 2.05) is 0 Å². The van der Waals surface area contributed by atoms with E-state index in [-0.39, 0.29) is 30.1 Å². The molecule has 4 atom stereocenters. The summed E-state index contributed by atoms with van der Waals surface area (Å²) in [6.07, 6.45) is -1.51. The van der Waals surface area contributed by atoms with E-state index in [2.05, 4.69) is 0 Å². The zero-order chi connectivity index (χ0) is 19.1. The molecule has 1 N–H and O–H groups in total. The Morgan fingerprint density at radius 1 is 1.23 bits per heavy atom. The van der Waals surface area contributed by atoms with Crippen molar-refractivity contribution in [3.8, 4) is 0 Å². The zero-order valence-electron chi connectivity index (χ0n) is 14.5. The third-order valence-corrected chi connectivity index (χ3v) is 5.75. The summed E-state index contributed by atoms with van der Waals surface area (Å²) in [5.74, 6) is -1.20. The number of carboxylic acids is 1. The quantitative estimate of drug-likeness (QED) is 0.875. The van der Waals surface area contributed by atoms with Gasteiger partial charge in [0.1, 0.15) is 6.04 Å². The van der Waals surface area contributed by atoms with Gasteiger partial charge >= 0.3 is 12.1 Å². The fourth-order valence-corrected chi connectivity index (χ4v) is 4.38. The first-order valence-corrected chi connectivity index (χ1v) is 8.88. The van der Waals surface area contributed by atoms with Gasteiger partial charge in [-0.1, -0.05) is 25.5 Å². The molecule has 1 aliphatic carbocycles. The molecule has 4 nitrogen and oxygen atoms in total. The Morgan fingerprint density at radius 3 is 2.46 bits per heavy atom. The summed E-state index contributed by atoms with van der Waals surface area (Å²) in [5, 5.41) is 9.54. The van der Waals surface area contributed by atoms with Gasteiger partial charge in [0.2, 0.25) is 5.91 Å². The normalized spacial score (nSPS) is 26.6. The Hall–Kier alpha value is -2.05. The van der Waals surface area contributed by atoms with E-state index in [0.29, 0.717) is 12.1 Å². The highest BCUT2D eigenvalue weighted by atomic mass is 19.4. The van der Waals surface area contributed by atoms with Crippen molar-refractivity contribution >= 4 is 11.9 Å². The minimum absolute atomic E-state index is 0.0258. The number of carbonyl (C=O) groups excluding carboxylic acids is 1. The van der Waals surface area contributed by atoms with Gasteiger partial charge in [-0.05, 0) is 48.3 Å². The van der Waals surface area contributed by atoms with Gasteiger partial charge in [-0.25, -0.2) is 4.79 Å². The Kier molecular flexibility index (Phi) is 4.99. The molecule has 26 heavy (non-hydrogen) atoms. The zero-order valence-corrected chi connectivity index (χ0v) is 14.5. The number of carboxylic acid groups (broad SMARTS) is 1. The van der Waals surface area contributed by atoms with Crippen molar-refractivity contribution in [2.75, 3.05) is 6.54 Å². The standard InChI is InChI=1S/C19H22F3NO3/c1-11(12-5-7-14(8-6-12)19(20,21)22)9-16(24)23-10-13-3-2-4-15(13)17(23)18(25)26/h5-8,11,13,15,17H,2-4,9-10H2,1H3,(H,25,26). The monoisotopic (exact) mass is 369 g/mol. The van der Waals surface area contributed by atoms with Gasteiger partial charge in [-0.2, -0.15) is 13.2 Å². The van der Waals surface area contributed by atoms with Crippen LogP contribution in [0.4, 0.5) is 13.2 Å². The third kappa shape index (κ3) is 3.57. The van der Waals surface area contributed by atoms with Gasteiger partial charge in [0.05, 0.1) is 5.56 Å². The molecule has 1 saturated heterocycles. The van der Waals surface area contributed by atoms with E-state index in [1.54, 1.807) is 6.92 Å². The van der Waals surface area contributed by atoms with Crippen LogP contribution in [-0.2, 0) is 15.8 Å². The highest BCUT2D eigenvalue weighted by Crippen LogP contribution is 2.43. The second-order valence-corrected chi connectivity index (χ2v) is 7.41. The number of hydrogen-bond acceptors (Lipinski definition) is 2. The minimum atomic E-state index is -4.39. The van der Waals surface area contributed by atoms with E-state index < -0.39 is 23.8 Å². The number of nitrogens with zero attached hydrogens (tertiary/aromatic N) is 1. The molecule has 1 heterocycles. The third-order valence-electron chi connectivity index (χ3n) is 5.75. The summed E-state index contributed by atoms with van der Waals surface area (Å²) in [6, 6.07) is 4.02. The SMILES string of the molecule is CC(CC(=O)N1CC2CCCC2C1C(=O)O)c1ccc(C(F)(F)F)cc1. The number of rotatable bonds is 4. The average Bonchev–Trinajstić information content (AvgIpc) is 3.14. The molecule has 0 spiro atoms. The van der Waals surface area contributed by atoms with Crippen LogP contribution in [0.3, 0.4) is 0 Å². The Morgan fingerprint density at radius 2 is 1.88 bits per heavy atom. The summed E-state index contributed by atoms with van der Waals surface area (Å²) in [6.45, 7) is 2.24. The number of benzene rings is 1. The second kappa shape index (κ2) is 6.93. The van der Waals surface area contributed by atoms with Gasteiger partial charge in [-0.3, -0.25) is 4.79 Å². The number of likely N-dealkylation sites (tertiary alicyclic amines) is 1. The van der Waals surface area contributed by atoms with Crippen molar-refractivity contribution < 1.29 is 27.9 Å². The van der Waals surface area contributed by atoms with E-state index >= 15 is 0 Å². The first kappa shape index (κ1) is 18.7. The second-order valence-electron chi connectivity index (χ2n) is 7.41. The van der Waals surface area contributed by atoms with Crippen molar-refractivity contribution in [2.24, 2.45) is 11.8 Å². The van der Waals surface area contributed by atoms with Crippen molar-refractivity contribution in [1.82, 2.24) is 4.90 Å². The molecule has 0 radical (unpaired) electrons. The minimum Gasteiger partial charge on any atom is -0.480 e. The fourth-order valence-electron chi connectivity index (χ4n) is 4.38. The van der Waals surface area contributed by atoms with Gasteiger partial charge < -0.3 is 10.0 Å². The lowest BCUT2D eigenvalue weighted by Crippen LogP contribution is -2.43. The van der Waals surface area contributed by atoms with E-state index in [1.165, 1.54) is 17.0 Å². The molecule has 2 fully saturated rings. The van der Waals surface area contributed by atoms with Crippen LogP contribution in [0.5, 0.6) is 0 Å². The molecule has 2 aliphatic rings. The molecule has 7 heteroatoms. The smallest absolute Gasteiger partial charge is 0.416 e. The van der Waals surface area contributed by atoms with Crippen molar-refractivity contribution in [1.29, 1.82) is 0 Å². The predicted octanol–water partition coefficient (Wildman–Crippen LogP) is 3.91. The van der Waals surface area contributed by atoms with Crippen LogP contribution in [0.25, 0.3) is 0 Å². The first-order chi connectivity index (χ1) is 12.2. The summed E-state index contributed by atoms with van der Waals surface area (Å²) >= 11 is 0. The van der Waals surface area contributed by atoms with Gasteiger partial charge in [-0.15, -0.1) is 0 Å². The van der Waals surface area contributed by atoms with E-state index in [4.69, 9.17) is 0 Å². The number of halogens is 3. The number of carbonyl (C=O) groups is 2. The number of amides is 1. The number of hydrogen-bond donors (Lipinski definition) is 1. The lowest BCUT2D eigenvalue weighted by atomic mass is 9.93. The van der Waals surface area contributed by atoms with Gasteiger partial charge in [0, 0.05) is 13.0 Å². The van der Waals surface area contributed by atoms with Crippen LogP contribution in [0.2, 0.25) is 0 Å². The Labute approximate surface area is 150 Å². The van der Waals surface area contributed by atoms with Crippen LogP contribution in [-0.4, -0.2) is 34.5 Å². The first-order valence-electron chi connectivity index (χ1n) is 8.88. The molecular weight excluding hydrogens is 347 g/mol. The lowest BCUT2D eigenvalue weighted by Gasteiger charge is -2.26. The summed E-state index contributed by atoms with van der Waals surface area (Å²) < 4.78 is 37.9. The molecule has 142 valence electrons. The van der Waals surface area contributed by atoms with Crippen molar-refractivity contribution in [3.05, 3.63) is 35.4 Å². The Bertz CT molecular complexity index is 686. The highest BCUT2D eigenvalue weighted by molar-refractivity contribution is 5.85. The molecule has 1 aliphatic heterocycles. The molecule has 0 aromatic heterocycles. The largest absolute Gasteiger partial charge is 0.480 e. The topological polar surface area (TPSA) is 57.6 Å². The molecule has 1 saturated carbocycles. The molecule has 4 unspecified atom stereocenters. The summed E-state index contributed by atoms with van der Waals surface area (Å²) in [4.78, 5) is 25.8. The summed E-state index contributed by atoms with van der Waals surface area (Å²) in [5.41, 5.74) is -0.0873. The van der Waals surface area contributed by atoms with Crippen molar-refractivity contribution in [3.63, 3.8) is 0 Å². The predicted molar refractivity (Wildman–Crippen MR) is 88.4 cm³/mol. The summed E-state index contributed by atoms with van der Waals surface area (Å²) in [7, 11) is 0. The maximum absolute atomic E-state index is 12.7. The molecule has 0 bridgehead atoms. The van der Waals surface area contributed by atoms with Crippen LogP contribution in [0.1, 0.15) is 49.7 Å². The molecule has 1 amide bonds. The molecular formula is C19H22F3NO3. The fraction of sp³-hybridized carbons (Fsp3) is 0.579. The highest BCUT2D eigenvalue weighted by Gasteiger charge is 2.49. The van der Waals surface area contributed by atoms with Crippen LogP contribution < -0.4 is 0 Å². The van der Waals surface area contributed by atoms with Gasteiger partial charge in [0.25, 0.3) is 0 Å². The number of fused-ring (bicyclic) bond motifs is 1. The Balaban J connectivity index is 1.68. The van der Waals surface area contributed by atoms with Crippen LogP contribution in [0.15, 0.2) is 24.3 Å². The maximum Gasteiger partial charge on any atom is 0.416 e. The van der Waals surface area contributed by atoms with Crippen LogP contribution in [0, 0.1) is 11.8 Å². The van der Waals surface area contributed by atoms with Gasteiger partial charge in [0.15, 0.2) is 0 Å². The van der Waals surface area contributed by atoms with Crippen LogP contribution >= 0.6 is 0 Å². The lowest BCUT2D eigenvalue weighted by molar-refractivity contribution is -0.149. The van der Waals surface area contributed by atoms with E-state index in [0.717, 1.165) is 31.4 Å². The number of alkyl halides is 3. The molecule has 1 aromatic carbocycles. The maximum atomic E-state index is 12.7.